The number of carbonyl (C=O) groups is 1. The zero-order chi connectivity index (χ0) is 18.7. The Bertz CT molecular complexity index is 947. The summed E-state index contributed by atoms with van der Waals surface area (Å²) in [7, 11) is 0. The molecule has 0 fully saturated rings. The van der Waals surface area contributed by atoms with Crippen LogP contribution in [0.4, 0.5) is 5.69 Å². The predicted octanol–water partition coefficient (Wildman–Crippen LogP) is 2.78. The monoisotopic (exact) mass is 364 g/mol. The van der Waals surface area contributed by atoms with Crippen molar-refractivity contribution in [3.05, 3.63) is 65.1 Å². The minimum atomic E-state index is -0.625. The van der Waals surface area contributed by atoms with Crippen molar-refractivity contribution in [2.45, 2.75) is 18.9 Å². The van der Waals surface area contributed by atoms with Crippen LogP contribution in [-0.4, -0.2) is 21.0 Å². The van der Waals surface area contributed by atoms with Gasteiger partial charge in [-0.3, -0.25) is 9.78 Å². The molecule has 0 saturated carbocycles. The molecule has 0 bridgehead atoms. The summed E-state index contributed by atoms with van der Waals surface area (Å²) in [4.78, 5) is 26.1. The molecule has 0 spiro atoms. The molecule has 2 aromatic rings. The quantitative estimate of drug-likeness (QED) is 0.865. The summed E-state index contributed by atoms with van der Waals surface area (Å²) >= 11 is 1.36. The second-order valence-corrected chi connectivity index (χ2v) is 7.17. The van der Waals surface area contributed by atoms with Crippen LogP contribution in [0.5, 0.6) is 0 Å². The van der Waals surface area contributed by atoms with E-state index in [2.05, 4.69) is 26.9 Å². The molecule has 26 heavy (non-hydrogen) atoms. The lowest BCUT2D eigenvalue weighted by Crippen LogP contribution is -2.28. The van der Waals surface area contributed by atoms with E-state index in [4.69, 9.17) is 11.0 Å². The lowest BCUT2D eigenvalue weighted by atomic mass is 9.93. The highest BCUT2D eigenvalue weighted by Gasteiger charge is 2.32. The summed E-state index contributed by atoms with van der Waals surface area (Å²) < 4.78 is 0. The highest BCUT2D eigenvalue weighted by Crippen LogP contribution is 2.39. The average molecular weight is 364 g/mol. The van der Waals surface area contributed by atoms with Crippen molar-refractivity contribution in [2.24, 2.45) is 10.7 Å². The van der Waals surface area contributed by atoms with Gasteiger partial charge in [0, 0.05) is 24.5 Å². The second-order valence-electron chi connectivity index (χ2n) is 5.97. The highest BCUT2D eigenvalue weighted by atomic mass is 32.2. The fourth-order valence-electron chi connectivity index (χ4n) is 2.61. The molecule has 1 amide bonds. The summed E-state index contributed by atoms with van der Waals surface area (Å²) in [6.45, 7) is 5.91. The van der Waals surface area contributed by atoms with E-state index in [0.29, 0.717) is 28.5 Å². The number of amidine groups is 1. The first-order valence-corrected chi connectivity index (χ1v) is 8.56. The number of nitrogens with one attached hydrogen (secondary N) is 1. The van der Waals surface area contributed by atoms with E-state index in [-0.39, 0.29) is 11.6 Å². The van der Waals surface area contributed by atoms with Gasteiger partial charge >= 0.3 is 0 Å². The third-order valence-corrected chi connectivity index (χ3v) is 4.58. The highest BCUT2D eigenvalue weighted by molar-refractivity contribution is 8.17. The molecule has 0 aromatic carbocycles. The molecule has 8 heteroatoms. The Morgan fingerprint density at radius 2 is 2.23 bits per heavy atom. The zero-order valence-electron chi connectivity index (χ0n) is 14.1. The molecule has 3 rings (SSSR count). The van der Waals surface area contributed by atoms with Crippen LogP contribution in [0.1, 0.15) is 35.1 Å². The maximum Gasteiger partial charge on any atom is 0.274 e. The smallest absolute Gasteiger partial charge is 0.274 e. The fraction of sp³-hybridized carbons (Fsp3) is 0.167. The number of pyridine rings is 2. The Hall–Kier alpha value is -3.18. The fourth-order valence-corrected chi connectivity index (χ4v) is 3.51. The van der Waals surface area contributed by atoms with Crippen molar-refractivity contribution < 1.29 is 4.79 Å². The first-order valence-electron chi connectivity index (χ1n) is 7.74. The SMILES string of the molecule is C=C1C[C@@](C)(c2cc(NC(=O)c3ccc(C#N)cn3)ccn2)N=C(N)S1. The Morgan fingerprint density at radius 1 is 1.42 bits per heavy atom. The number of aliphatic imine (C=N–C) groups is 1. The van der Waals surface area contributed by atoms with Gasteiger partial charge in [-0.1, -0.05) is 18.3 Å². The Labute approximate surface area is 155 Å². The average Bonchev–Trinajstić information content (AvgIpc) is 2.61. The van der Waals surface area contributed by atoms with E-state index >= 15 is 0 Å². The molecule has 1 aliphatic rings. The van der Waals surface area contributed by atoms with Crippen molar-refractivity contribution in [3.8, 4) is 6.07 Å². The molecule has 3 N–H and O–H groups in total. The minimum absolute atomic E-state index is 0.221. The first-order chi connectivity index (χ1) is 12.4. The summed E-state index contributed by atoms with van der Waals surface area (Å²) in [5.41, 5.74) is 7.13. The van der Waals surface area contributed by atoms with E-state index < -0.39 is 5.54 Å². The first kappa shape index (κ1) is 17.6. The normalized spacial score (nSPS) is 19.4. The maximum atomic E-state index is 12.3. The Morgan fingerprint density at radius 3 is 2.88 bits per heavy atom. The van der Waals surface area contributed by atoms with Crippen LogP contribution in [0.25, 0.3) is 0 Å². The number of carbonyl (C=O) groups excluding carboxylic acids is 1. The number of hydrogen-bond acceptors (Lipinski definition) is 7. The van der Waals surface area contributed by atoms with Gasteiger partial charge in [0.2, 0.25) is 0 Å². The number of rotatable bonds is 3. The van der Waals surface area contributed by atoms with Gasteiger partial charge in [-0.2, -0.15) is 5.26 Å². The molecule has 2 aromatic heterocycles. The molecule has 3 heterocycles. The van der Waals surface area contributed by atoms with Gasteiger partial charge < -0.3 is 11.1 Å². The second kappa shape index (κ2) is 6.98. The molecular formula is C18H16N6OS. The molecule has 1 aliphatic heterocycles. The molecule has 0 aliphatic carbocycles. The van der Waals surface area contributed by atoms with Crippen molar-refractivity contribution in [3.63, 3.8) is 0 Å². The van der Waals surface area contributed by atoms with Gasteiger partial charge in [0.05, 0.1) is 11.3 Å². The standard InChI is InChI=1S/C18H16N6OS/c1-11-8-18(2,24-17(20)26-11)15-7-13(5-6-21-15)23-16(25)14-4-3-12(9-19)10-22-14/h3-7,10H,1,8H2,2H3,(H2,20,24)(H,21,23,25)/t18-/m0/s1. The van der Waals surface area contributed by atoms with Gasteiger partial charge in [-0.25, -0.2) is 9.98 Å². The van der Waals surface area contributed by atoms with E-state index in [9.17, 15) is 4.79 Å². The van der Waals surface area contributed by atoms with Gasteiger partial charge in [0.15, 0.2) is 5.17 Å². The third-order valence-electron chi connectivity index (χ3n) is 3.84. The number of aromatic nitrogens is 2. The molecule has 0 saturated heterocycles. The molecule has 0 unspecified atom stereocenters. The van der Waals surface area contributed by atoms with Crippen LogP contribution in [0.15, 0.2) is 53.1 Å². The van der Waals surface area contributed by atoms with Gasteiger partial charge in [0.1, 0.15) is 17.3 Å². The minimum Gasteiger partial charge on any atom is -0.378 e. The van der Waals surface area contributed by atoms with E-state index in [1.807, 2.05) is 13.0 Å². The molecule has 1 atom stereocenters. The van der Waals surface area contributed by atoms with Crippen molar-refractivity contribution >= 4 is 28.5 Å². The Kier molecular flexibility index (Phi) is 4.73. The summed E-state index contributed by atoms with van der Waals surface area (Å²) in [5.74, 6) is -0.372. The van der Waals surface area contributed by atoms with Crippen molar-refractivity contribution in [1.29, 1.82) is 5.26 Å². The van der Waals surface area contributed by atoms with Crippen LogP contribution in [0.2, 0.25) is 0 Å². The number of thioether (sulfide) groups is 1. The topological polar surface area (TPSA) is 117 Å². The third kappa shape index (κ3) is 3.73. The van der Waals surface area contributed by atoms with Crippen LogP contribution >= 0.6 is 11.8 Å². The molecule has 7 nitrogen and oxygen atoms in total. The van der Waals surface area contributed by atoms with Crippen LogP contribution in [0.3, 0.4) is 0 Å². The zero-order valence-corrected chi connectivity index (χ0v) is 14.9. The molecule has 0 radical (unpaired) electrons. The van der Waals surface area contributed by atoms with Crippen LogP contribution in [-0.2, 0) is 5.54 Å². The van der Waals surface area contributed by atoms with Crippen LogP contribution < -0.4 is 11.1 Å². The summed E-state index contributed by atoms with van der Waals surface area (Å²) in [6.07, 6.45) is 3.58. The number of amides is 1. The van der Waals surface area contributed by atoms with Gasteiger partial charge in [0.25, 0.3) is 5.91 Å². The number of nitrogens with zero attached hydrogens (tertiary/aromatic N) is 4. The summed E-state index contributed by atoms with van der Waals surface area (Å²) in [6, 6.07) is 8.47. The number of nitrogens with two attached hydrogens (primary N) is 1. The van der Waals surface area contributed by atoms with Gasteiger partial charge in [-0.15, -0.1) is 0 Å². The van der Waals surface area contributed by atoms with Crippen molar-refractivity contribution in [1.82, 2.24) is 9.97 Å². The number of hydrogen-bond donors (Lipinski definition) is 2. The van der Waals surface area contributed by atoms with E-state index in [1.165, 1.54) is 24.0 Å². The predicted molar refractivity (Wildman–Crippen MR) is 101 cm³/mol. The van der Waals surface area contributed by atoms with Gasteiger partial charge in [-0.05, 0) is 36.1 Å². The van der Waals surface area contributed by atoms with Crippen molar-refractivity contribution in [2.75, 3.05) is 5.32 Å². The molecular weight excluding hydrogens is 348 g/mol. The summed E-state index contributed by atoms with van der Waals surface area (Å²) in [5, 5.41) is 12.0. The largest absolute Gasteiger partial charge is 0.378 e. The molecule has 130 valence electrons. The maximum absolute atomic E-state index is 12.3. The van der Waals surface area contributed by atoms with E-state index in [0.717, 1.165) is 4.91 Å². The lowest BCUT2D eigenvalue weighted by molar-refractivity contribution is 0.102. The van der Waals surface area contributed by atoms with E-state index in [1.54, 1.807) is 24.4 Å². The Balaban J connectivity index is 1.83. The van der Waals surface area contributed by atoms with Crippen LogP contribution in [0, 0.1) is 11.3 Å². The lowest BCUT2D eigenvalue weighted by Gasteiger charge is -2.30. The number of nitriles is 1. The number of anilines is 1.